The predicted octanol–water partition coefficient (Wildman–Crippen LogP) is 3.35. The number of rotatable bonds is 4. The topological polar surface area (TPSA) is 75.0 Å². The Morgan fingerprint density at radius 3 is 2.53 bits per heavy atom. The van der Waals surface area contributed by atoms with Gasteiger partial charge in [0.25, 0.3) is 11.5 Å². The molecule has 1 saturated heterocycles. The molecule has 2 heterocycles. The molecule has 0 bridgehead atoms. The number of benzene rings is 2. The van der Waals surface area contributed by atoms with Crippen LogP contribution in [0.2, 0.25) is 0 Å². The number of likely N-dealkylation sites (tertiary alicyclic amines) is 1. The number of phenolic OH excluding ortho intramolecular Hbond substituents is 1. The SMILES string of the molecule is COc1cc2c(=O)n(-c3cccc(N(C)C)c3)cc(C(=O)N3CCC(F)CC3)c2cc1O. The molecule has 1 aliphatic heterocycles. The molecule has 32 heavy (non-hydrogen) atoms. The number of carbonyl (C=O) groups excluding carboxylic acids is 1. The summed E-state index contributed by atoms with van der Waals surface area (Å²) in [5, 5.41) is 10.9. The summed E-state index contributed by atoms with van der Waals surface area (Å²) < 4.78 is 20.2. The maximum Gasteiger partial charge on any atom is 0.263 e. The largest absolute Gasteiger partial charge is 0.504 e. The second-order valence-electron chi connectivity index (χ2n) is 8.17. The fraction of sp³-hybridized carbons (Fsp3) is 0.333. The van der Waals surface area contributed by atoms with Gasteiger partial charge in [-0.3, -0.25) is 14.2 Å². The number of halogens is 1. The molecule has 1 amide bonds. The number of nitrogens with zero attached hydrogens (tertiary/aromatic N) is 3. The Balaban J connectivity index is 1.94. The van der Waals surface area contributed by atoms with Crippen molar-refractivity contribution in [2.24, 2.45) is 0 Å². The van der Waals surface area contributed by atoms with Gasteiger partial charge in [0, 0.05) is 44.5 Å². The molecule has 0 radical (unpaired) electrons. The molecule has 0 aliphatic carbocycles. The van der Waals surface area contributed by atoms with Gasteiger partial charge >= 0.3 is 0 Å². The smallest absolute Gasteiger partial charge is 0.263 e. The number of piperidine rings is 1. The van der Waals surface area contributed by atoms with Gasteiger partial charge in [0.1, 0.15) is 6.17 Å². The van der Waals surface area contributed by atoms with E-state index < -0.39 is 6.17 Å². The third-order valence-electron chi connectivity index (χ3n) is 5.88. The second kappa shape index (κ2) is 8.53. The molecule has 0 unspecified atom stereocenters. The monoisotopic (exact) mass is 439 g/mol. The number of amides is 1. The van der Waals surface area contributed by atoms with Gasteiger partial charge in [0.2, 0.25) is 0 Å². The molecule has 3 aromatic rings. The second-order valence-corrected chi connectivity index (χ2v) is 8.17. The number of methoxy groups -OCH3 is 1. The van der Waals surface area contributed by atoms with Crippen molar-refractivity contribution in [3.8, 4) is 17.2 Å². The zero-order valence-electron chi connectivity index (χ0n) is 18.3. The van der Waals surface area contributed by atoms with E-state index in [-0.39, 0.29) is 46.8 Å². The van der Waals surface area contributed by atoms with Crippen LogP contribution in [0, 0.1) is 0 Å². The number of aromatic nitrogens is 1. The Morgan fingerprint density at radius 2 is 1.88 bits per heavy atom. The molecule has 4 rings (SSSR count). The van der Waals surface area contributed by atoms with E-state index in [2.05, 4.69) is 0 Å². The van der Waals surface area contributed by atoms with Gasteiger partial charge in [-0.1, -0.05) is 6.07 Å². The molecule has 1 aliphatic rings. The van der Waals surface area contributed by atoms with Gasteiger partial charge in [0.15, 0.2) is 11.5 Å². The molecule has 168 valence electrons. The Bertz CT molecular complexity index is 1230. The van der Waals surface area contributed by atoms with Crippen LogP contribution in [0.25, 0.3) is 16.5 Å². The molecule has 1 aromatic heterocycles. The van der Waals surface area contributed by atoms with Crippen molar-refractivity contribution in [2.75, 3.05) is 39.2 Å². The standard InChI is InChI=1S/C24H26FN3O4/c1-26(2)16-5-4-6-17(11-16)28-14-20(23(30)27-9-7-15(25)8-10-27)18-12-21(29)22(32-3)13-19(18)24(28)31/h4-6,11-15,29H,7-10H2,1-3H3. The molecule has 8 heteroatoms. The predicted molar refractivity (Wildman–Crippen MR) is 122 cm³/mol. The fourth-order valence-corrected chi connectivity index (χ4v) is 4.02. The first-order valence-corrected chi connectivity index (χ1v) is 10.5. The highest BCUT2D eigenvalue weighted by Crippen LogP contribution is 2.32. The van der Waals surface area contributed by atoms with E-state index in [1.807, 2.05) is 37.2 Å². The minimum Gasteiger partial charge on any atom is -0.504 e. The summed E-state index contributed by atoms with van der Waals surface area (Å²) in [4.78, 5) is 30.4. The normalized spacial score (nSPS) is 14.6. The van der Waals surface area contributed by atoms with Gasteiger partial charge in [-0.2, -0.15) is 0 Å². The summed E-state index contributed by atoms with van der Waals surface area (Å²) in [5.74, 6) is -0.321. The van der Waals surface area contributed by atoms with Gasteiger partial charge in [-0.15, -0.1) is 0 Å². The number of ether oxygens (including phenoxy) is 1. The highest BCUT2D eigenvalue weighted by molar-refractivity contribution is 6.07. The van der Waals surface area contributed by atoms with E-state index in [1.54, 1.807) is 11.0 Å². The van der Waals surface area contributed by atoms with E-state index in [0.717, 1.165) is 5.69 Å². The molecule has 1 fully saturated rings. The van der Waals surface area contributed by atoms with E-state index in [9.17, 15) is 19.1 Å². The zero-order valence-corrected chi connectivity index (χ0v) is 18.3. The van der Waals surface area contributed by atoms with Crippen LogP contribution in [0.15, 0.2) is 47.4 Å². The van der Waals surface area contributed by atoms with E-state index in [0.29, 0.717) is 24.2 Å². The number of hydrogen-bond donors (Lipinski definition) is 1. The van der Waals surface area contributed by atoms with E-state index >= 15 is 0 Å². The maximum absolute atomic E-state index is 13.6. The molecular formula is C24H26FN3O4. The molecule has 7 nitrogen and oxygen atoms in total. The minimum absolute atomic E-state index is 0.144. The Labute approximate surface area is 185 Å². The van der Waals surface area contributed by atoms with E-state index in [4.69, 9.17) is 4.74 Å². The number of anilines is 1. The molecule has 0 saturated carbocycles. The lowest BCUT2D eigenvalue weighted by Gasteiger charge is -2.29. The van der Waals surface area contributed by atoms with Crippen LogP contribution in [0.4, 0.5) is 10.1 Å². The van der Waals surface area contributed by atoms with Crippen LogP contribution in [0.3, 0.4) is 0 Å². The molecule has 0 spiro atoms. The van der Waals surface area contributed by atoms with Gasteiger partial charge in [-0.25, -0.2) is 4.39 Å². The summed E-state index contributed by atoms with van der Waals surface area (Å²) in [5.41, 5.74) is 1.43. The minimum atomic E-state index is -0.910. The number of phenols is 1. The van der Waals surface area contributed by atoms with E-state index in [1.165, 1.54) is 30.0 Å². The maximum atomic E-state index is 13.6. The summed E-state index contributed by atoms with van der Waals surface area (Å²) in [6.45, 7) is 0.609. The molecule has 0 atom stereocenters. The van der Waals surface area contributed by atoms with Crippen LogP contribution in [0.5, 0.6) is 11.5 Å². The number of pyridine rings is 1. The van der Waals surface area contributed by atoms with Crippen LogP contribution < -0.4 is 15.2 Å². The first-order valence-electron chi connectivity index (χ1n) is 10.5. The van der Waals surface area contributed by atoms with Crippen molar-refractivity contribution in [3.05, 3.63) is 58.5 Å². The first kappa shape index (κ1) is 21.7. The summed E-state index contributed by atoms with van der Waals surface area (Å²) in [7, 11) is 5.20. The first-order chi connectivity index (χ1) is 15.3. The third-order valence-corrected chi connectivity index (χ3v) is 5.88. The lowest BCUT2D eigenvalue weighted by molar-refractivity contribution is 0.0668. The number of hydrogen-bond acceptors (Lipinski definition) is 5. The van der Waals surface area contributed by atoms with Gasteiger partial charge in [-0.05, 0) is 43.2 Å². The van der Waals surface area contributed by atoms with Crippen molar-refractivity contribution in [1.82, 2.24) is 9.47 Å². The van der Waals surface area contributed by atoms with Crippen molar-refractivity contribution in [1.29, 1.82) is 0 Å². The van der Waals surface area contributed by atoms with Crippen molar-refractivity contribution in [3.63, 3.8) is 0 Å². The van der Waals surface area contributed by atoms with Crippen molar-refractivity contribution < 1.29 is 19.0 Å². The Morgan fingerprint density at radius 1 is 1.16 bits per heavy atom. The Kier molecular flexibility index (Phi) is 5.78. The van der Waals surface area contributed by atoms with Gasteiger partial charge in [0.05, 0.1) is 23.7 Å². The highest BCUT2D eigenvalue weighted by atomic mass is 19.1. The van der Waals surface area contributed by atoms with Crippen LogP contribution in [-0.2, 0) is 0 Å². The number of aromatic hydroxyl groups is 1. The van der Waals surface area contributed by atoms with Crippen molar-refractivity contribution in [2.45, 2.75) is 19.0 Å². The average Bonchev–Trinajstić information content (AvgIpc) is 2.79. The highest BCUT2D eigenvalue weighted by Gasteiger charge is 2.26. The van der Waals surface area contributed by atoms with Crippen LogP contribution >= 0.6 is 0 Å². The summed E-state index contributed by atoms with van der Waals surface area (Å²) >= 11 is 0. The Hall–Kier alpha value is -3.55. The third kappa shape index (κ3) is 3.88. The fourth-order valence-electron chi connectivity index (χ4n) is 4.02. The number of fused-ring (bicyclic) bond motifs is 1. The van der Waals surface area contributed by atoms with Gasteiger partial charge < -0.3 is 19.6 Å². The zero-order chi connectivity index (χ0) is 23.0. The number of carbonyl (C=O) groups is 1. The lowest BCUT2D eigenvalue weighted by atomic mass is 10.0. The molecular weight excluding hydrogens is 413 g/mol. The number of alkyl halides is 1. The lowest BCUT2D eigenvalue weighted by Crippen LogP contribution is -2.39. The molecule has 2 aromatic carbocycles. The summed E-state index contributed by atoms with van der Waals surface area (Å²) in [6.07, 6.45) is 1.17. The van der Waals surface area contributed by atoms with Crippen LogP contribution in [-0.4, -0.2) is 60.9 Å². The van der Waals surface area contributed by atoms with Crippen molar-refractivity contribution >= 4 is 22.4 Å². The summed E-state index contributed by atoms with van der Waals surface area (Å²) in [6, 6.07) is 10.2. The quantitative estimate of drug-likeness (QED) is 0.675. The average molecular weight is 439 g/mol. The molecule has 1 N–H and O–H groups in total. The van der Waals surface area contributed by atoms with Crippen LogP contribution in [0.1, 0.15) is 23.2 Å².